The Morgan fingerprint density at radius 2 is 1.97 bits per heavy atom. The summed E-state index contributed by atoms with van der Waals surface area (Å²) in [5, 5.41) is 8.44. The van der Waals surface area contributed by atoms with Crippen molar-refractivity contribution < 1.29 is 4.39 Å². The molecule has 0 bridgehead atoms. The summed E-state index contributed by atoms with van der Waals surface area (Å²) < 4.78 is 19.2. The normalized spacial score (nSPS) is 16.7. The van der Waals surface area contributed by atoms with Crippen molar-refractivity contribution >= 4 is 11.5 Å². The Hall–Kier alpha value is -4.03. The molecule has 0 N–H and O–H groups in total. The van der Waals surface area contributed by atoms with Crippen LogP contribution in [0.5, 0.6) is 0 Å². The summed E-state index contributed by atoms with van der Waals surface area (Å²) >= 11 is 0. The largest absolute Gasteiger partial charge is 0.353 e. The highest BCUT2D eigenvalue weighted by atomic mass is 19.1. The van der Waals surface area contributed by atoms with E-state index in [0.29, 0.717) is 35.6 Å². The Kier molecular flexibility index (Phi) is 4.71. The Balaban J connectivity index is 1.43. The van der Waals surface area contributed by atoms with Crippen LogP contribution in [-0.2, 0) is 6.54 Å². The van der Waals surface area contributed by atoms with Crippen LogP contribution in [0.25, 0.3) is 33.2 Å². The van der Waals surface area contributed by atoms with Gasteiger partial charge in [0.25, 0.3) is 0 Å². The number of hydrogen-bond donors (Lipinski definition) is 0. The SMILES string of the molecule is [C-]#[N+]c1ccc(-c2cc3n(c2)Cc2nc(N4CC[C@H](N(C)C)C4)c(F)cc2-n2cnnc2-3)cc1. The summed E-state index contributed by atoms with van der Waals surface area (Å²) in [6.07, 6.45) is 4.65. The van der Waals surface area contributed by atoms with E-state index in [2.05, 4.69) is 50.9 Å². The number of aromatic nitrogens is 5. The van der Waals surface area contributed by atoms with E-state index in [-0.39, 0.29) is 5.82 Å². The van der Waals surface area contributed by atoms with Gasteiger partial charge in [-0.25, -0.2) is 14.2 Å². The Morgan fingerprint density at radius 3 is 2.71 bits per heavy atom. The van der Waals surface area contributed by atoms with Crippen LogP contribution in [0.2, 0.25) is 0 Å². The van der Waals surface area contributed by atoms with Gasteiger partial charge in [-0.1, -0.05) is 24.3 Å². The number of hydrogen-bond acceptors (Lipinski definition) is 5. The highest BCUT2D eigenvalue weighted by molar-refractivity contribution is 5.72. The van der Waals surface area contributed by atoms with E-state index in [4.69, 9.17) is 11.6 Å². The second kappa shape index (κ2) is 7.78. The molecule has 0 radical (unpaired) electrons. The van der Waals surface area contributed by atoms with Crippen molar-refractivity contribution in [1.82, 2.24) is 29.2 Å². The van der Waals surface area contributed by atoms with Gasteiger partial charge >= 0.3 is 0 Å². The third-order valence-electron chi connectivity index (χ3n) is 6.79. The van der Waals surface area contributed by atoms with Gasteiger partial charge in [0.1, 0.15) is 6.33 Å². The maximum Gasteiger partial charge on any atom is 0.187 e. The molecule has 1 saturated heterocycles. The second-order valence-corrected chi connectivity index (χ2v) is 9.04. The fourth-order valence-electron chi connectivity index (χ4n) is 4.87. The maximum absolute atomic E-state index is 15.3. The average Bonchev–Trinajstić information content (AvgIpc) is 3.58. The van der Waals surface area contributed by atoms with E-state index >= 15 is 4.39 Å². The molecule has 0 unspecified atom stereocenters. The van der Waals surface area contributed by atoms with Crippen LogP contribution < -0.4 is 4.90 Å². The first kappa shape index (κ1) is 20.6. The Morgan fingerprint density at radius 1 is 1.15 bits per heavy atom. The molecule has 0 amide bonds. The number of halogens is 1. The summed E-state index contributed by atoms with van der Waals surface area (Å²) in [4.78, 5) is 12.5. The molecule has 8 nitrogen and oxygen atoms in total. The highest BCUT2D eigenvalue weighted by Gasteiger charge is 2.30. The van der Waals surface area contributed by atoms with E-state index in [0.717, 1.165) is 42.0 Å². The molecule has 1 aromatic carbocycles. The molecule has 34 heavy (non-hydrogen) atoms. The van der Waals surface area contributed by atoms with Crippen molar-refractivity contribution in [2.24, 2.45) is 0 Å². The smallest absolute Gasteiger partial charge is 0.187 e. The van der Waals surface area contributed by atoms with Crippen LogP contribution in [0.1, 0.15) is 12.1 Å². The molecule has 2 aliphatic heterocycles. The number of pyridine rings is 1. The van der Waals surface area contributed by atoms with E-state index in [1.165, 1.54) is 0 Å². The molecule has 0 spiro atoms. The first-order chi connectivity index (χ1) is 16.5. The lowest BCUT2D eigenvalue weighted by atomic mass is 10.1. The monoisotopic (exact) mass is 454 g/mol. The number of benzene rings is 1. The quantitative estimate of drug-likeness (QED) is 0.386. The van der Waals surface area contributed by atoms with E-state index in [9.17, 15) is 0 Å². The van der Waals surface area contributed by atoms with Crippen molar-refractivity contribution in [2.45, 2.75) is 19.0 Å². The van der Waals surface area contributed by atoms with Crippen LogP contribution in [-0.4, -0.2) is 62.4 Å². The minimum absolute atomic E-state index is 0.329. The minimum atomic E-state index is -0.329. The van der Waals surface area contributed by atoms with Crippen molar-refractivity contribution in [3.8, 4) is 28.3 Å². The second-order valence-electron chi connectivity index (χ2n) is 9.04. The number of anilines is 1. The summed E-state index contributed by atoms with van der Waals surface area (Å²) in [5.74, 6) is 0.721. The first-order valence-corrected chi connectivity index (χ1v) is 11.2. The van der Waals surface area contributed by atoms with Gasteiger partial charge in [0, 0.05) is 37.0 Å². The van der Waals surface area contributed by atoms with Gasteiger partial charge in [0.05, 0.1) is 30.2 Å². The minimum Gasteiger partial charge on any atom is -0.353 e. The number of likely N-dealkylation sites (N-methyl/N-ethyl adjacent to an activating group) is 1. The zero-order valence-corrected chi connectivity index (χ0v) is 19.0. The van der Waals surface area contributed by atoms with Gasteiger partial charge in [0.2, 0.25) is 0 Å². The van der Waals surface area contributed by atoms with Gasteiger partial charge in [0.15, 0.2) is 23.1 Å². The molecular weight excluding hydrogens is 431 g/mol. The molecule has 0 aliphatic carbocycles. The molecule has 3 aromatic heterocycles. The van der Waals surface area contributed by atoms with E-state index < -0.39 is 0 Å². The lowest BCUT2D eigenvalue weighted by Gasteiger charge is -2.22. The topological polar surface area (TPSA) is 59.4 Å². The van der Waals surface area contributed by atoms with Crippen LogP contribution in [0.3, 0.4) is 0 Å². The average molecular weight is 455 g/mol. The summed E-state index contributed by atoms with van der Waals surface area (Å²) in [6, 6.07) is 11.5. The molecule has 170 valence electrons. The van der Waals surface area contributed by atoms with Crippen LogP contribution in [0.15, 0.2) is 48.9 Å². The molecule has 2 aliphatic rings. The first-order valence-electron chi connectivity index (χ1n) is 11.2. The third kappa shape index (κ3) is 3.26. The molecular formula is C25H23FN8. The van der Waals surface area contributed by atoms with Crippen LogP contribution in [0, 0.1) is 12.4 Å². The summed E-state index contributed by atoms with van der Waals surface area (Å²) in [5.41, 5.74) is 4.95. The summed E-state index contributed by atoms with van der Waals surface area (Å²) in [6.45, 7) is 9.20. The number of fused-ring (bicyclic) bond motifs is 5. The fraction of sp³-hybridized carbons (Fsp3) is 0.280. The lowest BCUT2D eigenvalue weighted by Crippen LogP contribution is -2.32. The zero-order chi connectivity index (χ0) is 23.4. The molecule has 9 heteroatoms. The number of nitrogens with zero attached hydrogens (tertiary/aromatic N) is 8. The van der Waals surface area contributed by atoms with Crippen molar-refractivity contribution in [3.63, 3.8) is 0 Å². The van der Waals surface area contributed by atoms with Crippen molar-refractivity contribution in [2.75, 3.05) is 32.1 Å². The maximum atomic E-state index is 15.3. The van der Waals surface area contributed by atoms with Crippen LogP contribution >= 0.6 is 0 Å². The van der Waals surface area contributed by atoms with Gasteiger partial charge < -0.3 is 14.4 Å². The zero-order valence-electron chi connectivity index (χ0n) is 19.0. The van der Waals surface area contributed by atoms with Gasteiger partial charge in [-0.3, -0.25) is 4.57 Å². The van der Waals surface area contributed by atoms with Gasteiger partial charge in [-0.2, -0.15) is 0 Å². The van der Waals surface area contributed by atoms with Gasteiger partial charge in [-0.15, -0.1) is 10.2 Å². The van der Waals surface area contributed by atoms with Gasteiger partial charge in [-0.05, 0) is 32.1 Å². The molecule has 4 aromatic rings. The lowest BCUT2D eigenvalue weighted by molar-refractivity contribution is 0.315. The Labute approximate surface area is 196 Å². The van der Waals surface area contributed by atoms with Crippen molar-refractivity contribution in [3.05, 3.63) is 71.9 Å². The highest BCUT2D eigenvalue weighted by Crippen LogP contribution is 2.35. The van der Waals surface area contributed by atoms with E-state index in [1.807, 2.05) is 33.7 Å². The standard InChI is InChI=1S/C25H23FN8/c1-27-18-6-4-16(5-7-18)17-10-23-25-30-28-15-34(25)22-11-20(26)24(29-21(22)14-33(23)12-17)32-9-8-19(13-32)31(2)3/h4-7,10-12,15,19H,8-9,13-14H2,2-3H3/t19-/m0/s1. The van der Waals surface area contributed by atoms with Crippen molar-refractivity contribution in [1.29, 1.82) is 0 Å². The molecule has 0 saturated carbocycles. The van der Waals surface area contributed by atoms with E-state index in [1.54, 1.807) is 12.4 Å². The molecule has 1 atom stereocenters. The molecule has 1 fully saturated rings. The fourth-order valence-corrected chi connectivity index (χ4v) is 4.87. The third-order valence-corrected chi connectivity index (χ3v) is 6.79. The Bertz CT molecular complexity index is 1430. The molecule has 5 heterocycles. The molecule has 6 rings (SSSR count). The number of rotatable bonds is 3. The van der Waals surface area contributed by atoms with Crippen LogP contribution in [0.4, 0.5) is 15.9 Å². The summed E-state index contributed by atoms with van der Waals surface area (Å²) in [7, 11) is 4.12. The predicted molar refractivity (Wildman–Crippen MR) is 128 cm³/mol. The predicted octanol–water partition coefficient (Wildman–Crippen LogP) is 3.99.